The molecule has 0 unspecified atom stereocenters. The normalized spacial score (nSPS) is 10.1. The molecule has 0 aliphatic rings. The fourth-order valence-corrected chi connectivity index (χ4v) is 1.86. The number of rotatable bonds is 6. The number of benzene rings is 1. The van der Waals surface area contributed by atoms with E-state index in [2.05, 4.69) is 10.3 Å². The number of carbonyl (C=O) groups is 1. The standard InChI is InChI=1S/C14H13N3O4/c18-14(19)11-1-2-12(13(9-11)17(20)21)16-8-5-10-3-6-15-7-4-10/h1-4,6-7,9,16H,5,8H2,(H,18,19). The summed E-state index contributed by atoms with van der Waals surface area (Å²) in [7, 11) is 0. The first-order valence-electron chi connectivity index (χ1n) is 6.22. The van der Waals surface area contributed by atoms with Gasteiger partial charge in [-0.15, -0.1) is 0 Å². The largest absolute Gasteiger partial charge is 0.478 e. The van der Waals surface area contributed by atoms with Crippen molar-refractivity contribution >= 4 is 17.3 Å². The summed E-state index contributed by atoms with van der Waals surface area (Å²) in [5, 5.41) is 22.8. The summed E-state index contributed by atoms with van der Waals surface area (Å²) in [6.07, 6.45) is 4.04. The molecular formula is C14H13N3O4. The molecule has 0 bridgehead atoms. The van der Waals surface area contributed by atoms with Crippen LogP contribution in [0.25, 0.3) is 0 Å². The molecule has 0 amide bonds. The number of nitro benzene ring substituents is 1. The molecule has 2 rings (SSSR count). The highest BCUT2D eigenvalue weighted by molar-refractivity contribution is 5.89. The fraction of sp³-hybridized carbons (Fsp3) is 0.143. The molecule has 0 spiro atoms. The second kappa shape index (κ2) is 6.47. The Bertz CT molecular complexity index is 659. The zero-order chi connectivity index (χ0) is 15.2. The van der Waals surface area contributed by atoms with Gasteiger partial charge >= 0.3 is 5.97 Å². The first kappa shape index (κ1) is 14.4. The predicted octanol–water partition coefficient (Wildman–Crippen LogP) is 2.34. The summed E-state index contributed by atoms with van der Waals surface area (Å²) < 4.78 is 0. The Morgan fingerprint density at radius 3 is 2.62 bits per heavy atom. The van der Waals surface area contributed by atoms with Crippen LogP contribution in [-0.2, 0) is 6.42 Å². The summed E-state index contributed by atoms with van der Waals surface area (Å²) in [6.45, 7) is 0.497. The van der Waals surface area contributed by atoms with E-state index in [1.165, 1.54) is 12.1 Å². The Kier molecular flexibility index (Phi) is 4.45. The minimum Gasteiger partial charge on any atom is -0.478 e. The summed E-state index contributed by atoms with van der Waals surface area (Å²) in [5.41, 5.74) is 1.01. The molecule has 0 aliphatic carbocycles. The van der Waals surface area contributed by atoms with E-state index in [1.807, 2.05) is 12.1 Å². The number of nitro groups is 1. The zero-order valence-electron chi connectivity index (χ0n) is 11.0. The van der Waals surface area contributed by atoms with Crippen molar-refractivity contribution in [3.8, 4) is 0 Å². The van der Waals surface area contributed by atoms with Crippen LogP contribution < -0.4 is 5.32 Å². The number of hydrogen-bond acceptors (Lipinski definition) is 5. The minimum atomic E-state index is -1.19. The topological polar surface area (TPSA) is 105 Å². The molecule has 0 aliphatic heterocycles. The van der Waals surface area contributed by atoms with E-state index >= 15 is 0 Å². The summed E-state index contributed by atoms with van der Waals surface area (Å²) in [4.78, 5) is 25.1. The maximum absolute atomic E-state index is 11.0. The lowest BCUT2D eigenvalue weighted by atomic mass is 10.1. The quantitative estimate of drug-likeness (QED) is 0.624. The molecule has 21 heavy (non-hydrogen) atoms. The molecule has 1 aromatic carbocycles. The maximum Gasteiger partial charge on any atom is 0.335 e. The van der Waals surface area contributed by atoms with Crippen molar-refractivity contribution in [3.05, 3.63) is 64.0 Å². The molecule has 7 heteroatoms. The molecule has 0 radical (unpaired) electrons. The third kappa shape index (κ3) is 3.75. The van der Waals surface area contributed by atoms with E-state index in [4.69, 9.17) is 5.11 Å². The molecule has 1 aromatic heterocycles. The van der Waals surface area contributed by atoms with Crippen LogP contribution in [0.15, 0.2) is 42.7 Å². The van der Waals surface area contributed by atoms with Crippen molar-refractivity contribution in [1.29, 1.82) is 0 Å². The van der Waals surface area contributed by atoms with Gasteiger partial charge in [-0.2, -0.15) is 0 Å². The molecule has 0 fully saturated rings. The third-order valence-corrected chi connectivity index (χ3v) is 2.92. The highest BCUT2D eigenvalue weighted by Crippen LogP contribution is 2.25. The van der Waals surface area contributed by atoms with Crippen molar-refractivity contribution in [2.45, 2.75) is 6.42 Å². The minimum absolute atomic E-state index is 0.110. The molecule has 0 saturated carbocycles. The number of carboxylic acids is 1. The van der Waals surface area contributed by atoms with E-state index in [9.17, 15) is 14.9 Å². The van der Waals surface area contributed by atoms with Crippen molar-refractivity contribution in [2.75, 3.05) is 11.9 Å². The van der Waals surface area contributed by atoms with Crippen molar-refractivity contribution in [3.63, 3.8) is 0 Å². The maximum atomic E-state index is 11.0. The van der Waals surface area contributed by atoms with Crippen LogP contribution in [0.2, 0.25) is 0 Å². The SMILES string of the molecule is O=C(O)c1ccc(NCCc2ccncc2)c([N+](=O)[O-])c1. The van der Waals surface area contributed by atoms with Crippen LogP contribution in [0.3, 0.4) is 0 Å². The molecule has 2 N–H and O–H groups in total. The van der Waals surface area contributed by atoms with Crippen LogP contribution in [0.5, 0.6) is 0 Å². The van der Waals surface area contributed by atoms with Gasteiger partial charge in [-0.05, 0) is 36.2 Å². The number of hydrogen-bond donors (Lipinski definition) is 2. The molecule has 0 saturated heterocycles. The second-order valence-corrected chi connectivity index (χ2v) is 4.33. The van der Waals surface area contributed by atoms with Crippen molar-refractivity contribution < 1.29 is 14.8 Å². The van der Waals surface area contributed by atoms with Crippen LogP contribution >= 0.6 is 0 Å². The number of nitrogens with one attached hydrogen (secondary N) is 1. The van der Waals surface area contributed by atoms with Gasteiger partial charge in [-0.3, -0.25) is 15.1 Å². The van der Waals surface area contributed by atoms with Crippen LogP contribution in [-0.4, -0.2) is 27.5 Å². The molecule has 2 aromatic rings. The predicted molar refractivity (Wildman–Crippen MR) is 76.5 cm³/mol. The Morgan fingerprint density at radius 1 is 1.29 bits per heavy atom. The van der Waals surface area contributed by atoms with Gasteiger partial charge in [0.2, 0.25) is 0 Å². The van der Waals surface area contributed by atoms with Gasteiger partial charge in [0.1, 0.15) is 5.69 Å². The third-order valence-electron chi connectivity index (χ3n) is 2.92. The average molecular weight is 287 g/mol. The fourth-order valence-electron chi connectivity index (χ4n) is 1.86. The van der Waals surface area contributed by atoms with E-state index in [0.29, 0.717) is 18.7 Å². The van der Waals surface area contributed by atoms with Gasteiger partial charge in [0, 0.05) is 25.0 Å². The monoisotopic (exact) mass is 287 g/mol. The summed E-state index contributed by atoms with van der Waals surface area (Å²) >= 11 is 0. The molecule has 7 nitrogen and oxygen atoms in total. The average Bonchev–Trinajstić information content (AvgIpc) is 2.48. The number of pyridine rings is 1. The molecule has 108 valence electrons. The Morgan fingerprint density at radius 2 is 2.00 bits per heavy atom. The van der Waals surface area contributed by atoms with Gasteiger partial charge < -0.3 is 10.4 Å². The van der Waals surface area contributed by atoms with E-state index < -0.39 is 10.9 Å². The highest BCUT2D eigenvalue weighted by Gasteiger charge is 2.16. The van der Waals surface area contributed by atoms with Gasteiger partial charge in [-0.1, -0.05) is 0 Å². The van der Waals surface area contributed by atoms with Crippen LogP contribution in [0, 0.1) is 10.1 Å². The first-order valence-corrected chi connectivity index (χ1v) is 6.22. The van der Waals surface area contributed by atoms with Gasteiger partial charge in [0.15, 0.2) is 0 Å². The van der Waals surface area contributed by atoms with Crippen molar-refractivity contribution in [2.24, 2.45) is 0 Å². The van der Waals surface area contributed by atoms with Gasteiger partial charge in [0.05, 0.1) is 10.5 Å². The number of nitrogens with zero attached hydrogens (tertiary/aromatic N) is 2. The second-order valence-electron chi connectivity index (χ2n) is 4.33. The first-order chi connectivity index (χ1) is 10.1. The van der Waals surface area contributed by atoms with E-state index in [-0.39, 0.29) is 11.3 Å². The number of aromatic nitrogens is 1. The Hall–Kier alpha value is -2.96. The van der Waals surface area contributed by atoms with Gasteiger partial charge in [0.25, 0.3) is 5.69 Å². The summed E-state index contributed by atoms with van der Waals surface area (Å²) in [6, 6.07) is 7.53. The van der Waals surface area contributed by atoms with Crippen molar-refractivity contribution in [1.82, 2.24) is 4.98 Å². The van der Waals surface area contributed by atoms with E-state index in [1.54, 1.807) is 12.4 Å². The van der Waals surface area contributed by atoms with E-state index in [0.717, 1.165) is 11.6 Å². The number of aromatic carboxylic acids is 1. The Labute approximate surface area is 120 Å². The highest BCUT2D eigenvalue weighted by atomic mass is 16.6. The smallest absolute Gasteiger partial charge is 0.335 e. The van der Waals surface area contributed by atoms with Crippen LogP contribution in [0.1, 0.15) is 15.9 Å². The molecule has 0 atom stereocenters. The zero-order valence-corrected chi connectivity index (χ0v) is 11.0. The number of carboxylic acid groups (broad SMARTS) is 1. The lowest BCUT2D eigenvalue weighted by Gasteiger charge is -2.07. The lowest BCUT2D eigenvalue weighted by Crippen LogP contribution is -2.08. The summed E-state index contributed by atoms with van der Waals surface area (Å²) in [5.74, 6) is -1.19. The molecular weight excluding hydrogens is 274 g/mol. The van der Waals surface area contributed by atoms with Gasteiger partial charge in [-0.25, -0.2) is 4.79 Å². The lowest BCUT2D eigenvalue weighted by molar-refractivity contribution is -0.384. The molecule has 1 heterocycles. The van der Waals surface area contributed by atoms with Crippen LogP contribution in [0.4, 0.5) is 11.4 Å². The Balaban J connectivity index is 2.09. The number of anilines is 1.